The molecule has 0 radical (unpaired) electrons. The predicted molar refractivity (Wildman–Crippen MR) is 63.7 cm³/mol. The van der Waals surface area contributed by atoms with Gasteiger partial charge in [-0.3, -0.25) is 4.79 Å². The summed E-state index contributed by atoms with van der Waals surface area (Å²) in [5.74, 6) is 0.0175. The van der Waals surface area contributed by atoms with Gasteiger partial charge in [0.15, 0.2) is 0 Å². The molecule has 0 spiro atoms. The Hall–Kier alpha value is -0.650. The molecule has 17 heavy (non-hydrogen) atoms. The zero-order chi connectivity index (χ0) is 12.1. The number of amides is 1. The molecule has 1 aliphatic heterocycles. The van der Waals surface area contributed by atoms with Crippen molar-refractivity contribution in [3.05, 3.63) is 0 Å². The summed E-state index contributed by atoms with van der Waals surface area (Å²) in [7, 11) is 0. The Bertz CT molecular complexity index is 258. The number of aliphatic hydroxyl groups excluding tert-OH is 1. The van der Waals surface area contributed by atoms with Crippen LogP contribution in [0.5, 0.6) is 0 Å². The van der Waals surface area contributed by atoms with Gasteiger partial charge in [0.1, 0.15) is 0 Å². The largest absolute Gasteiger partial charge is 0.394 e. The lowest BCUT2D eigenvalue weighted by molar-refractivity contribution is -0.124. The van der Waals surface area contributed by atoms with Crippen LogP contribution in [0.2, 0.25) is 0 Å². The molecule has 1 saturated heterocycles. The molecule has 1 atom stereocenters. The van der Waals surface area contributed by atoms with E-state index in [1.165, 1.54) is 0 Å². The Morgan fingerprint density at radius 3 is 2.82 bits per heavy atom. The summed E-state index contributed by atoms with van der Waals surface area (Å²) in [4.78, 5) is 11.9. The van der Waals surface area contributed by atoms with Crippen molar-refractivity contribution in [1.82, 2.24) is 10.6 Å². The number of carbonyl (C=O) groups excluding carboxylic acids is 1. The van der Waals surface area contributed by atoms with E-state index in [0.29, 0.717) is 13.0 Å². The number of carbonyl (C=O) groups is 1. The molecule has 2 rings (SSSR count). The van der Waals surface area contributed by atoms with Crippen LogP contribution in [0, 0.1) is 0 Å². The fourth-order valence-corrected chi connectivity index (χ4v) is 2.70. The van der Waals surface area contributed by atoms with Gasteiger partial charge in [-0.1, -0.05) is 12.8 Å². The fourth-order valence-electron chi connectivity index (χ4n) is 2.70. The number of hydrogen-bond donors (Lipinski definition) is 3. The molecule has 0 aromatic rings. The molecular formula is C12H22N2O3. The zero-order valence-electron chi connectivity index (χ0n) is 10.2. The summed E-state index contributed by atoms with van der Waals surface area (Å²) < 4.78 is 5.31. The maximum Gasteiger partial charge on any atom is 0.222 e. The van der Waals surface area contributed by atoms with Crippen molar-refractivity contribution in [3.8, 4) is 0 Å². The summed E-state index contributed by atoms with van der Waals surface area (Å²) in [6, 6.07) is 0.112. The second kappa shape index (κ2) is 5.80. The standard InChI is InChI=1S/C12H22N2O3/c15-9-12(3-1-2-4-12)14-11(16)7-10-8-17-6-5-13-10/h10,13,15H,1-9H2,(H,14,16). The topological polar surface area (TPSA) is 70.6 Å². The highest BCUT2D eigenvalue weighted by molar-refractivity contribution is 5.77. The Morgan fingerprint density at radius 1 is 1.47 bits per heavy atom. The summed E-state index contributed by atoms with van der Waals surface area (Å²) >= 11 is 0. The number of ether oxygens (including phenoxy) is 1. The van der Waals surface area contributed by atoms with Crippen LogP contribution in [-0.4, -0.2) is 49.0 Å². The zero-order valence-corrected chi connectivity index (χ0v) is 10.2. The summed E-state index contributed by atoms with van der Waals surface area (Å²) in [5.41, 5.74) is -0.355. The Balaban J connectivity index is 1.79. The van der Waals surface area contributed by atoms with Gasteiger partial charge in [0, 0.05) is 19.0 Å². The van der Waals surface area contributed by atoms with Gasteiger partial charge in [0.05, 0.1) is 25.4 Å². The van der Waals surface area contributed by atoms with E-state index in [-0.39, 0.29) is 24.1 Å². The average molecular weight is 242 g/mol. The first-order chi connectivity index (χ1) is 8.24. The molecule has 1 unspecified atom stereocenters. The summed E-state index contributed by atoms with van der Waals surface area (Å²) in [6.45, 7) is 2.18. The highest BCUT2D eigenvalue weighted by atomic mass is 16.5. The van der Waals surface area contributed by atoms with Gasteiger partial charge in [-0.2, -0.15) is 0 Å². The van der Waals surface area contributed by atoms with Crippen LogP contribution in [0.15, 0.2) is 0 Å². The molecule has 0 bridgehead atoms. The summed E-state index contributed by atoms with van der Waals surface area (Å²) in [6.07, 6.45) is 4.40. The van der Waals surface area contributed by atoms with Crippen molar-refractivity contribution in [3.63, 3.8) is 0 Å². The molecule has 1 saturated carbocycles. The third-order valence-electron chi connectivity index (χ3n) is 3.70. The second-order valence-electron chi connectivity index (χ2n) is 5.12. The van der Waals surface area contributed by atoms with E-state index in [1.807, 2.05) is 0 Å². The lowest BCUT2D eigenvalue weighted by atomic mass is 9.98. The first-order valence-corrected chi connectivity index (χ1v) is 6.47. The maximum atomic E-state index is 11.9. The van der Waals surface area contributed by atoms with Crippen molar-refractivity contribution < 1.29 is 14.6 Å². The van der Waals surface area contributed by atoms with Crippen molar-refractivity contribution >= 4 is 5.91 Å². The van der Waals surface area contributed by atoms with Gasteiger partial charge >= 0.3 is 0 Å². The van der Waals surface area contributed by atoms with E-state index in [0.717, 1.165) is 38.8 Å². The van der Waals surface area contributed by atoms with E-state index < -0.39 is 0 Å². The van der Waals surface area contributed by atoms with Gasteiger partial charge < -0.3 is 20.5 Å². The van der Waals surface area contributed by atoms with Gasteiger partial charge in [-0.05, 0) is 12.8 Å². The predicted octanol–water partition coefficient (Wildman–Crippen LogP) is -0.214. The van der Waals surface area contributed by atoms with Crippen molar-refractivity contribution in [2.24, 2.45) is 0 Å². The van der Waals surface area contributed by atoms with Gasteiger partial charge in [-0.25, -0.2) is 0 Å². The van der Waals surface area contributed by atoms with E-state index in [9.17, 15) is 9.90 Å². The lowest BCUT2D eigenvalue weighted by Crippen LogP contribution is -2.52. The van der Waals surface area contributed by atoms with Gasteiger partial charge in [0.25, 0.3) is 0 Å². The third kappa shape index (κ3) is 3.40. The molecule has 1 heterocycles. The highest BCUT2D eigenvalue weighted by Crippen LogP contribution is 2.29. The van der Waals surface area contributed by atoms with Crippen molar-refractivity contribution in [2.45, 2.75) is 43.7 Å². The first kappa shape index (κ1) is 12.8. The number of aliphatic hydroxyl groups is 1. The van der Waals surface area contributed by atoms with Crippen LogP contribution in [-0.2, 0) is 9.53 Å². The molecule has 0 aromatic carbocycles. The fraction of sp³-hybridized carbons (Fsp3) is 0.917. The third-order valence-corrected chi connectivity index (χ3v) is 3.70. The van der Waals surface area contributed by atoms with E-state index in [1.54, 1.807) is 0 Å². The molecule has 5 nitrogen and oxygen atoms in total. The number of nitrogens with one attached hydrogen (secondary N) is 2. The van der Waals surface area contributed by atoms with Gasteiger partial charge in [0.2, 0.25) is 5.91 Å². The number of rotatable bonds is 4. The number of morpholine rings is 1. The van der Waals surface area contributed by atoms with Crippen LogP contribution in [0.25, 0.3) is 0 Å². The second-order valence-corrected chi connectivity index (χ2v) is 5.12. The van der Waals surface area contributed by atoms with Crippen molar-refractivity contribution in [1.29, 1.82) is 0 Å². The minimum atomic E-state index is -0.355. The quantitative estimate of drug-likeness (QED) is 0.638. The molecule has 98 valence electrons. The minimum Gasteiger partial charge on any atom is -0.394 e. The van der Waals surface area contributed by atoms with E-state index in [4.69, 9.17) is 4.74 Å². The van der Waals surface area contributed by atoms with Gasteiger partial charge in [-0.15, -0.1) is 0 Å². The minimum absolute atomic E-state index is 0.0175. The molecular weight excluding hydrogens is 220 g/mol. The lowest BCUT2D eigenvalue weighted by Gasteiger charge is -2.30. The Labute approximate surface area is 102 Å². The number of hydrogen-bond acceptors (Lipinski definition) is 4. The SMILES string of the molecule is O=C(CC1COCCN1)NC1(CO)CCCC1. The average Bonchev–Trinajstić information content (AvgIpc) is 2.79. The van der Waals surface area contributed by atoms with Crippen molar-refractivity contribution in [2.75, 3.05) is 26.4 Å². The van der Waals surface area contributed by atoms with Crippen LogP contribution >= 0.6 is 0 Å². The molecule has 1 amide bonds. The maximum absolute atomic E-state index is 11.9. The monoisotopic (exact) mass is 242 g/mol. The first-order valence-electron chi connectivity index (χ1n) is 6.47. The summed E-state index contributed by atoms with van der Waals surface area (Å²) in [5, 5.41) is 15.7. The highest BCUT2D eigenvalue weighted by Gasteiger charge is 2.34. The molecule has 3 N–H and O–H groups in total. The molecule has 2 aliphatic rings. The van der Waals surface area contributed by atoms with Crippen LogP contribution in [0.3, 0.4) is 0 Å². The van der Waals surface area contributed by atoms with E-state index >= 15 is 0 Å². The Morgan fingerprint density at radius 2 is 2.24 bits per heavy atom. The Kier molecular flexibility index (Phi) is 4.36. The smallest absolute Gasteiger partial charge is 0.222 e. The van der Waals surface area contributed by atoms with Crippen LogP contribution in [0.1, 0.15) is 32.1 Å². The normalized spacial score (nSPS) is 27.9. The molecule has 2 fully saturated rings. The molecule has 5 heteroatoms. The van der Waals surface area contributed by atoms with E-state index in [2.05, 4.69) is 10.6 Å². The molecule has 1 aliphatic carbocycles. The molecule has 0 aromatic heterocycles. The van der Waals surface area contributed by atoms with Crippen LogP contribution < -0.4 is 10.6 Å². The van der Waals surface area contributed by atoms with Crippen LogP contribution in [0.4, 0.5) is 0 Å².